The summed E-state index contributed by atoms with van der Waals surface area (Å²) in [6.45, 7) is 1.05. The number of para-hydroxylation sites is 1. The van der Waals surface area contributed by atoms with Crippen molar-refractivity contribution in [1.29, 1.82) is 0 Å². The molecule has 0 radical (unpaired) electrons. The first-order valence-electron chi connectivity index (χ1n) is 6.92. The second-order valence-corrected chi connectivity index (χ2v) is 5.75. The van der Waals surface area contributed by atoms with Gasteiger partial charge >= 0.3 is 0 Å². The molecule has 1 aromatic carbocycles. The average Bonchev–Trinajstić information content (AvgIpc) is 2.79. The highest BCUT2D eigenvalue weighted by Gasteiger charge is 2.38. The number of benzene rings is 1. The second kappa shape index (κ2) is 6.41. The largest absolute Gasteiger partial charge is 0.481 e. The van der Waals surface area contributed by atoms with Gasteiger partial charge in [0.15, 0.2) is 18.2 Å². The molecule has 2 rings (SSSR count). The van der Waals surface area contributed by atoms with Crippen LogP contribution in [0.2, 0.25) is 0 Å². The van der Waals surface area contributed by atoms with Crippen LogP contribution in [0.4, 0.5) is 4.39 Å². The van der Waals surface area contributed by atoms with E-state index in [0.717, 1.165) is 0 Å². The van der Waals surface area contributed by atoms with E-state index >= 15 is 0 Å². The number of amides is 1. The molecular weight excluding hydrogens is 275 g/mol. The summed E-state index contributed by atoms with van der Waals surface area (Å²) in [6.07, 6.45) is 0.538. The molecule has 0 bridgehead atoms. The second-order valence-electron chi connectivity index (χ2n) is 5.75. The molecule has 1 amide bonds. The van der Waals surface area contributed by atoms with E-state index in [2.05, 4.69) is 0 Å². The third kappa shape index (κ3) is 4.15. The molecule has 1 atom stereocenters. The van der Waals surface area contributed by atoms with Crippen LogP contribution in [0.15, 0.2) is 24.3 Å². The maximum Gasteiger partial charge on any atom is 0.260 e. The number of hydrogen-bond donors (Lipinski definition) is 1. The van der Waals surface area contributed by atoms with Gasteiger partial charge in [0.2, 0.25) is 0 Å². The predicted octanol–water partition coefficient (Wildman–Crippen LogP) is 0.729. The molecule has 0 spiro atoms. The smallest absolute Gasteiger partial charge is 0.260 e. The van der Waals surface area contributed by atoms with Gasteiger partial charge in [0, 0.05) is 13.1 Å². The molecule has 1 saturated heterocycles. The molecule has 0 aromatic heterocycles. The Morgan fingerprint density at radius 1 is 1.48 bits per heavy atom. The first kappa shape index (κ1) is 15.7. The fourth-order valence-electron chi connectivity index (χ4n) is 2.58. The molecule has 6 heteroatoms. The van der Waals surface area contributed by atoms with E-state index in [9.17, 15) is 14.3 Å². The fraction of sp³-hybridized carbons (Fsp3) is 0.533. The van der Waals surface area contributed by atoms with E-state index < -0.39 is 11.4 Å². The Balaban J connectivity index is 1.86. The Morgan fingerprint density at radius 3 is 2.86 bits per heavy atom. The number of carbonyl (C=O) groups is 1. The minimum Gasteiger partial charge on any atom is -0.481 e. The highest BCUT2D eigenvalue weighted by atomic mass is 19.1. The van der Waals surface area contributed by atoms with Crippen LogP contribution in [0.5, 0.6) is 5.75 Å². The first-order valence-corrected chi connectivity index (χ1v) is 6.92. The number of hydrogen-bond acceptors (Lipinski definition) is 4. The Morgan fingerprint density at radius 2 is 2.19 bits per heavy atom. The van der Waals surface area contributed by atoms with E-state index in [1.807, 2.05) is 19.0 Å². The van der Waals surface area contributed by atoms with Crippen molar-refractivity contribution >= 4 is 5.91 Å². The van der Waals surface area contributed by atoms with Crippen molar-refractivity contribution in [2.45, 2.75) is 12.0 Å². The summed E-state index contributed by atoms with van der Waals surface area (Å²) in [7, 11) is 3.76. The molecule has 1 N–H and O–H groups in total. The molecule has 0 aliphatic carbocycles. The van der Waals surface area contributed by atoms with E-state index in [1.54, 1.807) is 17.0 Å². The summed E-state index contributed by atoms with van der Waals surface area (Å²) in [6, 6.07) is 5.97. The van der Waals surface area contributed by atoms with E-state index in [0.29, 0.717) is 19.5 Å². The van der Waals surface area contributed by atoms with Gasteiger partial charge in [0.25, 0.3) is 5.91 Å². The number of aliphatic hydroxyl groups is 1. The number of rotatable bonds is 5. The number of likely N-dealkylation sites (tertiary alicyclic amines) is 1. The number of nitrogens with zero attached hydrogens (tertiary/aromatic N) is 2. The summed E-state index contributed by atoms with van der Waals surface area (Å²) >= 11 is 0. The van der Waals surface area contributed by atoms with Crippen molar-refractivity contribution in [3.8, 4) is 5.75 Å². The molecular formula is C15H21FN2O3. The Bertz CT molecular complexity index is 509. The lowest BCUT2D eigenvalue weighted by atomic mass is 10.0. The van der Waals surface area contributed by atoms with Crippen molar-refractivity contribution < 1.29 is 19.0 Å². The quantitative estimate of drug-likeness (QED) is 0.870. The number of ether oxygens (including phenoxy) is 1. The van der Waals surface area contributed by atoms with Crippen molar-refractivity contribution in [2.24, 2.45) is 0 Å². The van der Waals surface area contributed by atoms with Gasteiger partial charge in [-0.2, -0.15) is 0 Å². The number of likely N-dealkylation sites (N-methyl/N-ethyl adjacent to an activating group) is 1. The third-order valence-electron chi connectivity index (χ3n) is 3.48. The molecule has 1 aliphatic rings. The summed E-state index contributed by atoms with van der Waals surface area (Å²) in [4.78, 5) is 15.5. The van der Waals surface area contributed by atoms with Crippen LogP contribution in [-0.4, -0.2) is 66.8 Å². The Labute approximate surface area is 123 Å². The topological polar surface area (TPSA) is 53.0 Å². The maximum atomic E-state index is 13.4. The van der Waals surface area contributed by atoms with Gasteiger partial charge in [-0.25, -0.2) is 4.39 Å². The molecule has 1 aliphatic heterocycles. The van der Waals surface area contributed by atoms with Crippen LogP contribution in [0.25, 0.3) is 0 Å². The summed E-state index contributed by atoms with van der Waals surface area (Å²) in [5, 5.41) is 10.4. The monoisotopic (exact) mass is 296 g/mol. The van der Waals surface area contributed by atoms with Crippen LogP contribution in [0.3, 0.4) is 0 Å². The zero-order valence-electron chi connectivity index (χ0n) is 12.4. The van der Waals surface area contributed by atoms with Crippen LogP contribution in [0, 0.1) is 5.82 Å². The van der Waals surface area contributed by atoms with Gasteiger partial charge < -0.3 is 19.6 Å². The third-order valence-corrected chi connectivity index (χ3v) is 3.48. The molecule has 5 nitrogen and oxygen atoms in total. The normalized spacial score (nSPS) is 21.9. The van der Waals surface area contributed by atoms with E-state index in [-0.39, 0.29) is 24.8 Å². The Hall–Kier alpha value is -1.66. The first-order chi connectivity index (χ1) is 9.89. The molecule has 0 unspecified atom stereocenters. The van der Waals surface area contributed by atoms with Crippen LogP contribution < -0.4 is 4.74 Å². The molecule has 116 valence electrons. The van der Waals surface area contributed by atoms with Gasteiger partial charge in [-0.15, -0.1) is 0 Å². The number of carbonyl (C=O) groups excluding carboxylic acids is 1. The number of halogens is 1. The zero-order valence-corrected chi connectivity index (χ0v) is 12.4. The van der Waals surface area contributed by atoms with Gasteiger partial charge in [0.1, 0.15) is 0 Å². The van der Waals surface area contributed by atoms with Gasteiger partial charge in [0.05, 0.1) is 12.1 Å². The summed E-state index contributed by atoms with van der Waals surface area (Å²) < 4.78 is 18.6. The predicted molar refractivity (Wildman–Crippen MR) is 76.6 cm³/mol. The molecule has 1 heterocycles. The van der Waals surface area contributed by atoms with Crippen LogP contribution >= 0.6 is 0 Å². The van der Waals surface area contributed by atoms with Crippen LogP contribution in [-0.2, 0) is 4.79 Å². The molecule has 1 fully saturated rings. The van der Waals surface area contributed by atoms with Crippen molar-refractivity contribution in [3.63, 3.8) is 0 Å². The Kier molecular flexibility index (Phi) is 4.80. The maximum absolute atomic E-state index is 13.4. The van der Waals surface area contributed by atoms with E-state index in [1.165, 1.54) is 12.1 Å². The highest BCUT2D eigenvalue weighted by Crippen LogP contribution is 2.22. The minimum absolute atomic E-state index is 0.0635. The summed E-state index contributed by atoms with van der Waals surface area (Å²) in [5.74, 6) is -0.669. The lowest BCUT2D eigenvalue weighted by molar-refractivity contribution is -0.133. The molecule has 1 aromatic rings. The SMILES string of the molecule is CN(C)C[C@]1(O)CCN(C(=O)COc2ccccc2F)C1. The van der Waals surface area contributed by atoms with Crippen molar-refractivity contribution in [1.82, 2.24) is 9.80 Å². The molecule has 21 heavy (non-hydrogen) atoms. The zero-order chi connectivity index (χ0) is 15.5. The molecule has 0 saturated carbocycles. The lowest BCUT2D eigenvalue weighted by Crippen LogP contribution is -2.44. The van der Waals surface area contributed by atoms with Crippen molar-refractivity contribution in [2.75, 3.05) is 40.3 Å². The van der Waals surface area contributed by atoms with Crippen LogP contribution in [0.1, 0.15) is 6.42 Å². The fourth-order valence-corrected chi connectivity index (χ4v) is 2.58. The average molecular weight is 296 g/mol. The highest BCUT2D eigenvalue weighted by molar-refractivity contribution is 5.78. The standard InChI is InChI=1S/C15H21FN2O3/c1-17(2)10-15(20)7-8-18(11-15)14(19)9-21-13-6-4-3-5-12(13)16/h3-6,20H,7-11H2,1-2H3/t15-/m1/s1. The van der Waals surface area contributed by atoms with Gasteiger partial charge in [-0.05, 0) is 32.6 Å². The van der Waals surface area contributed by atoms with Gasteiger partial charge in [-0.3, -0.25) is 4.79 Å². The van der Waals surface area contributed by atoms with Gasteiger partial charge in [-0.1, -0.05) is 12.1 Å². The summed E-state index contributed by atoms with van der Waals surface area (Å²) in [5.41, 5.74) is -0.878. The number of β-amino-alcohol motifs (C(OH)–C–C–N with tert-alkyl or cyclic N) is 1. The minimum atomic E-state index is -0.878. The van der Waals surface area contributed by atoms with E-state index in [4.69, 9.17) is 4.74 Å². The van der Waals surface area contributed by atoms with Crippen molar-refractivity contribution in [3.05, 3.63) is 30.1 Å². The lowest BCUT2D eigenvalue weighted by Gasteiger charge is -2.26.